The fourth-order valence-corrected chi connectivity index (χ4v) is 4.47. The van der Waals surface area contributed by atoms with E-state index in [0.29, 0.717) is 23.4 Å². The smallest absolute Gasteiger partial charge is 0.262 e. The van der Waals surface area contributed by atoms with Crippen LogP contribution in [0.4, 0.5) is 0 Å². The van der Waals surface area contributed by atoms with Crippen molar-refractivity contribution in [2.24, 2.45) is 0 Å². The summed E-state index contributed by atoms with van der Waals surface area (Å²) >= 11 is 0. The molecule has 1 fully saturated rings. The van der Waals surface area contributed by atoms with Crippen LogP contribution in [0.3, 0.4) is 0 Å². The van der Waals surface area contributed by atoms with Gasteiger partial charge in [0.05, 0.1) is 49.4 Å². The fraction of sp³-hybridized carbons (Fsp3) is 0.333. The molecule has 2 aromatic carbocycles. The number of fused-ring (bicyclic) bond motifs is 3. The molecule has 5 rings (SSSR count). The monoisotopic (exact) mass is 419 g/mol. The van der Waals surface area contributed by atoms with Crippen LogP contribution in [0.2, 0.25) is 0 Å². The molecule has 1 aliphatic heterocycles. The first-order chi connectivity index (χ1) is 15.2. The SMILES string of the molecule is COc1ccc(Cn2c(=O)c3cnn(C4CCOCC4)c3c3ccccc32)c(OC)c1. The van der Waals surface area contributed by atoms with Crippen LogP contribution in [0.25, 0.3) is 21.8 Å². The van der Waals surface area contributed by atoms with Crippen LogP contribution in [-0.4, -0.2) is 41.8 Å². The second kappa shape index (κ2) is 8.07. The second-order valence-electron chi connectivity index (χ2n) is 7.78. The van der Waals surface area contributed by atoms with Gasteiger partial charge < -0.3 is 18.8 Å². The van der Waals surface area contributed by atoms with Gasteiger partial charge in [-0.15, -0.1) is 0 Å². The highest BCUT2D eigenvalue weighted by Gasteiger charge is 2.22. The molecule has 0 saturated carbocycles. The van der Waals surface area contributed by atoms with Gasteiger partial charge in [-0.25, -0.2) is 0 Å². The number of nitrogens with zero attached hydrogens (tertiary/aromatic N) is 3. The maximum atomic E-state index is 13.6. The molecule has 0 bridgehead atoms. The zero-order valence-corrected chi connectivity index (χ0v) is 17.7. The first-order valence-corrected chi connectivity index (χ1v) is 10.5. The van der Waals surface area contributed by atoms with Crippen LogP contribution in [0.15, 0.2) is 53.5 Å². The number of benzene rings is 2. The van der Waals surface area contributed by atoms with Gasteiger partial charge in [0.1, 0.15) is 11.5 Å². The van der Waals surface area contributed by atoms with E-state index in [9.17, 15) is 4.79 Å². The summed E-state index contributed by atoms with van der Waals surface area (Å²) in [5, 5.41) is 6.30. The van der Waals surface area contributed by atoms with Gasteiger partial charge in [-0.3, -0.25) is 9.48 Å². The molecule has 31 heavy (non-hydrogen) atoms. The first kappa shape index (κ1) is 19.6. The minimum atomic E-state index is -0.0510. The molecule has 0 radical (unpaired) electrons. The Hall–Kier alpha value is -3.32. The van der Waals surface area contributed by atoms with Crippen molar-refractivity contribution in [2.45, 2.75) is 25.4 Å². The predicted octanol–water partition coefficient (Wildman–Crippen LogP) is 3.77. The number of hydrogen-bond acceptors (Lipinski definition) is 5. The van der Waals surface area contributed by atoms with Crippen LogP contribution in [0.5, 0.6) is 11.5 Å². The van der Waals surface area contributed by atoms with E-state index in [1.54, 1.807) is 25.0 Å². The van der Waals surface area contributed by atoms with Crippen LogP contribution in [0.1, 0.15) is 24.4 Å². The summed E-state index contributed by atoms with van der Waals surface area (Å²) in [5.41, 5.74) is 2.65. The number of ether oxygens (including phenoxy) is 3. The summed E-state index contributed by atoms with van der Waals surface area (Å²) in [5.74, 6) is 1.40. The molecule has 4 aromatic rings. The van der Waals surface area contributed by atoms with Gasteiger partial charge in [-0.2, -0.15) is 5.10 Å². The second-order valence-corrected chi connectivity index (χ2v) is 7.78. The number of para-hydroxylation sites is 1. The standard InChI is InChI=1S/C24H25N3O4/c1-29-18-8-7-16(22(13-18)30-2)15-26-21-6-4-3-5-19(21)23-20(24(26)28)14-25-27(23)17-9-11-31-12-10-17/h3-8,13-14,17H,9-12,15H2,1-2H3. The molecule has 1 saturated heterocycles. The van der Waals surface area contributed by atoms with Gasteiger partial charge in [0.15, 0.2) is 0 Å². The Kier molecular flexibility index (Phi) is 5.11. The summed E-state index contributed by atoms with van der Waals surface area (Å²) in [4.78, 5) is 13.6. The third-order valence-electron chi connectivity index (χ3n) is 6.08. The van der Waals surface area contributed by atoms with Crippen LogP contribution in [0, 0.1) is 0 Å². The molecule has 0 atom stereocenters. The fourth-order valence-electron chi connectivity index (χ4n) is 4.47. The largest absolute Gasteiger partial charge is 0.497 e. The van der Waals surface area contributed by atoms with Gasteiger partial charge in [-0.05, 0) is 31.0 Å². The highest BCUT2D eigenvalue weighted by atomic mass is 16.5. The Bertz CT molecular complexity index is 1300. The van der Waals surface area contributed by atoms with E-state index in [0.717, 1.165) is 48.0 Å². The lowest BCUT2D eigenvalue weighted by Gasteiger charge is -2.23. The van der Waals surface area contributed by atoms with Crippen molar-refractivity contribution in [2.75, 3.05) is 27.4 Å². The number of pyridine rings is 1. The highest BCUT2D eigenvalue weighted by Crippen LogP contribution is 2.30. The Morgan fingerprint density at radius 2 is 1.87 bits per heavy atom. The maximum absolute atomic E-state index is 13.6. The lowest BCUT2D eigenvalue weighted by Crippen LogP contribution is -2.23. The van der Waals surface area contributed by atoms with Crippen LogP contribution >= 0.6 is 0 Å². The Labute approximate surface area is 179 Å². The number of rotatable bonds is 5. The van der Waals surface area contributed by atoms with Gasteiger partial charge in [0.2, 0.25) is 0 Å². The third kappa shape index (κ3) is 3.35. The molecule has 2 aromatic heterocycles. The normalized spacial score (nSPS) is 14.9. The van der Waals surface area contributed by atoms with E-state index < -0.39 is 0 Å². The molecule has 160 valence electrons. The predicted molar refractivity (Wildman–Crippen MR) is 119 cm³/mol. The quantitative estimate of drug-likeness (QED) is 0.493. The Balaban J connectivity index is 1.70. The van der Waals surface area contributed by atoms with E-state index in [1.165, 1.54) is 0 Å². The van der Waals surface area contributed by atoms with Gasteiger partial charge in [0.25, 0.3) is 5.56 Å². The lowest BCUT2D eigenvalue weighted by atomic mass is 10.1. The molecule has 3 heterocycles. The first-order valence-electron chi connectivity index (χ1n) is 10.5. The van der Waals surface area contributed by atoms with Crippen molar-refractivity contribution in [3.05, 3.63) is 64.6 Å². The van der Waals surface area contributed by atoms with Crippen molar-refractivity contribution >= 4 is 21.8 Å². The lowest BCUT2D eigenvalue weighted by molar-refractivity contribution is 0.0675. The van der Waals surface area contributed by atoms with Crippen LogP contribution in [-0.2, 0) is 11.3 Å². The zero-order chi connectivity index (χ0) is 21.4. The van der Waals surface area contributed by atoms with E-state index in [-0.39, 0.29) is 11.6 Å². The minimum absolute atomic E-state index is 0.0510. The van der Waals surface area contributed by atoms with Crippen molar-refractivity contribution in [1.29, 1.82) is 0 Å². The average Bonchev–Trinajstić information content (AvgIpc) is 3.28. The molecular formula is C24H25N3O4. The Morgan fingerprint density at radius 1 is 1.06 bits per heavy atom. The number of methoxy groups -OCH3 is 2. The summed E-state index contributed by atoms with van der Waals surface area (Å²) in [7, 11) is 3.25. The van der Waals surface area contributed by atoms with Crippen molar-refractivity contribution in [1.82, 2.24) is 14.3 Å². The summed E-state index contributed by atoms with van der Waals surface area (Å²) in [6.45, 7) is 1.83. The number of hydrogen-bond donors (Lipinski definition) is 0. The number of aromatic nitrogens is 3. The topological polar surface area (TPSA) is 67.5 Å². The molecule has 7 heteroatoms. The maximum Gasteiger partial charge on any atom is 0.262 e. The van der Waals surface area contributed by atoms with Crippen molar-refractivity contribution in [3.8, 4) is 11.5 Å². The molecule has 0 N–H and O–H groups in total. The molecule has 0 aliphatic carbocycles. The van der Waals surface area contributed by atoms with E-state index >= 15 is 0 Å². The molecule has 0 spiro atoms. The van der Waals surface area contributed by atoms with Gasteiger partial charge >= 0.3 is 0 Å². The highest BCUT2D eigenvalue weighted by molar-refractivity contribution is 6.03. The van der Waals surface area contributed by atoms with Gasteiger partial charge in [-0.1, -0.05) is 18.2 Å². The Morgan fingerprint density at radius 3 is 2.65 bits per heavy atom. The molecule has 7 nitrogen and oxygen atoms in total. The third-order valence-corrected chi connectivity index (χ3v) is 6.08. The summed E-state index contributed by atoms with van der Waals surface area (Å²) < 4.78 is 20.2. The van der Waals surface area contributed by atoms with Crippen LogP contribution < -0.4 is 15.0 Å². The minimum Gasteiger partial charge on any atom is -0.497 e. The van der Waals surface area contributed by atoms with Crippen molar-refractivity contribution in [3.63, 3.8) is 0 Å². The zero-order valence-electron chi connectivity index (χ0n) is 17.7. The summed E-state index contributed by atoms with van der Waals surface area (Å²) in [6, 6.07) is 13.9. The molecule has 0 unspecified atom stereocenters. The average molecular weight is 419 g/mol. The van der Waals surface area contributed by atoms with Crippen molar-refractivity contribution < 1.29 is 14.2 Å². The van der Waals surface area contributed by atoms with E-state index in [2.05, 4.69) is 11.2 Å². The van der Waals surface area contributed by atoms with E-state index in [4.69, 9.17) is 14.2 Å². The molecule has 0 amide bonds. The molecule has 1 aliphatic rings. The van der Waals surface area contributed by atoms with E-state index in [1.807, 2.05) is 41.1 Å². The summed E-state index contributed by atoms with van der Waals surface area (Å²) in [6.07, 6.45) is 3.51. The van der Waals surface area contributed by atoms with Gasteiger partial charge in [0, 0.05) is 30.2 Å². The molecular weight excluding hydrogens is 394 g/mol.